The van der Waals surface area contributed by atoms with E-state index in [4.69, 9.17) is 0 Å². The number of anilines is 1. The Labute approximate surface area is 175 Å². The third kappa shape index (κ3) is 3.00. The maximum absolute atomic E-state index is 13.4. The first-order chi connectivity index (χ1) is 14.7. The molecular weight excluding hydrogens is 370 g/mol. The zero-order valence-electron chi connectivity index (χ0n) is 16.5. The van der Waals surface area contributed by atoms with Crippen molar-refractivity contribution in [1.82, 2.24) is 0 Å². The SMILES string of the molecule is O=C(C[C@]1(Cc2cccc3ccccc23)C(=O)Nc2ccccc21)c1ccccc1. The number of rotatable bonds is 5. The van der Waals surface area contributed by atoms with Gasteiger partial charge in [-0.05, 0) is 34.4 Å². The number of benzene rings is 4. The van der Waals surface area contributed by atoms with E-state index < -0.39 is 5.41 Å². The van der Waals surface area contributed by atoms with E-state index in [-0.39, 0.29) is 18.1 Å². The number of carbonyl (C=O) groups excluding carboxylic acids is 2. The smallest absolute Gasteiger partial charge is 0.235 e. The standard InChI is InChI=1S/C27H21NO2/c29-25(20-10-2-1-3-11-20)18-27(23-15-6-7-16-24(23)28-26(27)30)17-21-13-8-12-19-9-4-5-14-22(19)21/h1-16H,17-18H2,(H,28,30)/t27-/m0/s1. The Balaban J connectivity index is 1.64. The molecule has 1 aliphatic rings. The number of amides is 1. The monoisotopic (exact) mass is 391 g/mol. The van der Waals surface area contributed by atoms with Crippen LogP contribution in [0.25, 0.3) is 10.8 Å². The van der Waals surface area contributed by atoms with E-state index >= 15 is 0 Å². The summed E-state index contributed by atoms with van der Waals surface area (Å²) in [7, 11) is 0. The molecule has 0 radical (unpaired) electrons. The van der Waals surface area contributed by atoms with Crippen molar-refractivity contribution in [2.75, 3.05) is 5.32 Å². The van der Waals surface area contributed by atoms with Crippen molar-refractivity contribution < 1.29 is 9.59 Å². The molecule has 1 heterocycles. The van der Waals surface area contributed by atoms with Crippen LogP contribution < -0.4 is 5.32 Å². The second kappa shape index (κ2) is 7.27. The lowest BCUT2D eigenvalue weighted by atomic mass is 9.71. The van der Waals surface area contributed by atoms with Gasteiger partial charge in [0.15, 0.2) is 5.78 Å². The zero-order valence-corrected chi connectivity index (χ0v) is 16.5. The first-order valence-corrected chi connectivity index (χ1v) is 10.1. The van der Waals surface area contributed by atoms with Gasteiger partial charge >= 0.3 is 0 Å². The number of carbonyl (C=O) groups is 2. The molecule has 30 heavy (non-hydrogen) atoms. The van der Waals surface area contributed by atoms with Crippen LogP contribution in [0.2, 0.25) is 0 Å². The molecule has 1 atom stereocenters. The Kier molecular flexibility index (Phi) is 4.44. The summed E-state index contributed by atoms with van der Waals surface area (Å²) in [5, 5.41) is 5.27. The molecule has 3 heteroatoms. The van der Waals surface area contributed by atoms with Crippen LogP contribution in [0.4, 0.5) is 5.69 Å². The highest BCUT2D eigenvalue weighted by molar-refractivity contribution is 6.11. The summed E-state index contributed by atoms with van der Waals surface area (Å²) in [6, 6.07) is 31.3. The Morgan fingerprint density at radius 1 is 0.767 bits per heavy atom. The molecule has 1 amide bonds. The summed E-state index contributed by atoms with van der Waals surface area (Å²) in [4.78, 5) is 26.6. The molecule has 0 bridgehead atoms. The molecule has 0 unspecified atom stereocenters. The molecule has 0 aliphatic carbocycles. The summed E-state index contributed by atoms with van der Waals surface area (Å²) in [5.41, 5.74) is 2.46. The molecule has 0 saturated carbocycles. The van der Waals surface area contributed by atoms with Crippen molar-refractivity contribution in [3.05, 3.63) is 114 Å². The number of hydrogen-bond donors (Lipinski definition) is 1. The highest BCUT2D eigenvalue weighted by Crippen LogP contribution is 2.44. The van der Waals surface area contributed by atoms with Gasteiger partial charge in [-0.1, -0.05) is 91.0 Å². The van der Waals surface area contributed by atoms with Crippen molar-refractivity contribution in [3.63, 3.8) is 0 Å². The van der Waals surface area contributed by atoms with Crippen molar-refractivity contribution in [3.8, 4) is 0 Å². The number of fused-ring (bicyclic) bond motifs is 2. The quantitative estimate of drug-likeness (QED) is 0.454. The van der Waals surface area contributed by atoms with E-state index in [1.165, 1.54) is 0 Å². The number of hydrogen-bond acceptors (Lipinski definition) is 2. The third-order valence-electron chi connectivity index (χ3n) is 6.06. The maximum atomic E-state index is 13.4. The van der Waals surface area contributed by atoms with Crippen LogP contribution in [0.5, 0.6) is 0 Å². The molecule has 1 aliphatic heterocycles. The molecule has 146 valence electrons. The number of nitrogens with one attached hydrogen (secondary N) is 1. The van der Waals surface area contributed by atoms with Crippen molar-refractivity contribution >= 4 is 28.2 Å². The van der Waals surface area contributed by atoms with Gasteiger partial charge in [0, 0.05) is 17.7 Å². The van der Waals surface area contributed by atoms with Gasteiger partial charge in [-0.25, -0.2) is 0 Å². The second-order valence-corrected chi connectivity index (χ2v) is 7.86. The Hall–Kier alpha value is -3.72. The predicted octanol–water partition coefficient (Wildman–Crippen LogP) is 5.55. The van der Waals surface area contributed by atoms with Gasteiger partial charge < -0.3 is 5.32 Å². The average molecular weight is 391 g/mol. The largest absolute Gasteiger partial charge is 0.325 e. The van der Waals surface area contributed by atoms with E-state index in [2.05, 4.69) is 29.6 Å². The highest BCUT2D eigenvalue weighted by Gasteiger charge is 2.48. The summed E-state index contributed by atoms with van der Waals surface area (Å²) in [5.74, 6) is -0.136. The van der Waals surface area contributed by atoms with Crippen molar-refractivity contribution in [2.24, 2.45) is 0 Å². The Morgan fingerprint density at radius 2 is 1.47 bits per heavy atom. The Morgan fingerprint density at radius 3 is 2.33 bits per heavy atom. The normalized spacial score (nSPS) is 17.5. The molecule has 4 aromatic rings. The van der Waals surface area contributed by atoms with Crippen LogP contribution in [-0.4, -0.2) is 11.7 Å². The number of para-hydroxylation sites is 1. The molecule has 1 N–H and O–H groups in total. The maximum Gasteiger partial charge on any atom is 0.235 e. The predicted molar refractivity (Wildman–Crippen MR) is 120 cm³/mol. The molecular formula is C27H21NO2. The molecule has 0 saturated heterocycles. The van der Waals surface area contributed by atoms with E-state index in [1.54, 1.807) is 0 Å². The zero-order chi connectivity index (χ0) is 20.6. The second-order valence-electron chi connectivity index (χ2n) is 7.86. The first-order valence-electron chi connectivity index (χ1n) is 10.1. The topological polar surface area (TPSA) is 46.2 Å². The van der Waals surface area contributed by atoms with Crippen molar-refractivity contribution in [2.45, 2.75) is 18.3 Å². The number of ketones is 1. The fourth-order valence-electron chi connectivity index (χ4n) is 4.56. The summed E-state index contributed by atoms with van der Waals surface area (Å²) in [6.07, 6.45) is 0.596. The van der Waals surface area contributed by atoms with Gasteiger partial charge in [-0.15, -0.1) is 0 Å². The van der Waals surface area contributed by atoms with Crippen LogP contribution >= 0.6 is 0 Å². The lowest BCUT2D eigenvalue weighted by molar-refractivity contribution is -0.120. The first kappa shape index (κ1) is 18.3. The fraction of sp³-hybridized carbons (Fsp3) is 0.111. The van der Waals surface area contributed by atoms with Crippen LogP contribution in [0.3, 0.4) is 0 Å². The summed E-state index contributed by atoms with van der Waals surface area (Å²) >= 11 is 0. The lowest BCUT2D eigenvalue weighted by Gasteiger charge is -2.28. The third-order valence-corrected chi connectivity index (χ3v) is 6.06. The van der Waals surface area contributed by atoms with E-state index in [0.29, 0.717) is 12.0 Å². The minimum atomic E-state index is -0.937. The summed E-state index contributed by atoms with van der Waals surface area (Å²) in [6.45, 7) is 0. The summed E-state index contributed by atoms with van der Waals surface area (Å²) < 4.78 is 0. The van der Waals surface area contributed by atoms with Crippen LogP contribution in [0.1, 0.15) is 27.9 Å². The van der Waals surface area contributed by atoms with Gasteiger partial charge in [0.05, 0.1) is 5.41 Å². The van der Waals surface area contributed by atoms with Gasteiger partial charge in [0.2, 0.25) is 5.91 Å². The minimum Gasteiger partial charge on any atom is -0.325 e. The van der Waals surface area contributed by atoms with E-state index in [9.17, 15) is 9.59 Å². The Bertz CT molecular complexity index is 1260. The van der Waals surface area contributed by atoms with Crippen molar-refractivity contribution in [1.29, 1.82) is 0 Å². The van der Waals surface area contributed by atoms with E-state index in [1.807, 2.05) is 72.8 Å². The minimum absolute atomic E-state index is 0.0253. The van der Waals surface area contributed by atoms with E-state index in [0.717, 1.165) is 27.6 Å². The molecule has 0 spiro atoms. The molecule has 0 aromatic heterocycles. The van der Waals surface area contributed by atoms with Gasteiger partial charge in [0.1, 0.15) is 0 Å². The van der Waals surface area contributed by atoms with Gasteiger partial charge in [0.25, 0.3) is 0 Å². The molecule has 4 aromatic carbocycles. The molecule has 0 fully saturated rings. The molecule has 3 nitrogen and oxygen atoms in total. The average Bonchev–Trinajstić information content (AvgIpc) is 3.06. The highest BCUT2D eigenvalue weighted by atomic mass is 16.2. The molecule has 5 rings (SSSR count). The lowest BCUT2D eigenvalue weighted by Crippen LogP contribution is -2.39. The fourth-order valence-corrected chi connectivity index (χ4v) is 4.56. The van der Waals surface area contributed by atoms with Crippen LogP contribution in [0, 0.1) is 0 Å². The van der Waals surface area contributed by atoms with Crippen LogP contribution in [0.15, 0.2) is 97.1 Å². The number of Topliss-reactive ketones (excluding diaryl/α,β-unsaturated/α-hetero) is 1. The van der Waals surface area contributed by atoms with Crippen LogP contribution in [-0.2, 0) is 16.6 Å². The van der Waals surface area contributed by atoms with Gasteiger partial charge in [-0.2, -0.15) is 0 Å². The van der Waals surface area contributed by atoms with Gasteiger partial charge in [-0.3, -0.25) is 9.59 Å².